The van der Waals surface area contributed by atoms with E-state index in [2.05, 4.69) is 6.92 Å². The predicted molar refractivity (Wildman–Crippen MR) is 148 cm³/mol. The molecule has 0 fully saturated rings. The Hall–Kier alpha value is -1.96. The lowest BCUT2D eigenvalue weighted by Crippen LogP contribution is -2.51. The summed E-state index contributed by atoms with van der Waals surface area (Å²) >= 11 is 0. The van der Waals surface area contributed by atoms with Crippen molar-refractivity contribution in [3.63, 3.8) is 0 Å². The van der Waals surface area contributed by atoms with Gasteiger partial charge in [0.2, 0.25) is 0 Å². The zero-order valence-corrected chi connectivity index (χ0v) is 24.0. The van der Waals surface area contributed by atoms with Gasteiger partial charge in [-0.05, 0) is 12.8 Å². The molecule has 8 nitrogen and oxygen atoms in total. The molecule has 0 bridgehead atoms. The third-order valence-electron chi connectivity index (χ3n) is 7.20. The van der Waals surface area contributed by atoms with Gasteiger partial charge in [0.25, 0.3) is 0 Å². The number of carbonyl (C=O) groups excluding carboxylic acids is 2. The van der Waals surface area contributed by atoms with Gasteiger partial charge in [0, 0.05) is 6.42 Å². The maximum absolute atomic E-state index is 12.7. The molecule has 0 heterocycles. The number of carboxylic acid groups (broad SMARTS) is 2. The number of hydrogen-bond acceptors (Lipinski definition) is 6. The molecular weight excluding hydrogens is 488 g/mol. The summed E-state index contributed by atoms with van der Waals surface area (Å²) in [6, 6.07) is 0. The van der Waals surface area contributed by atoms with E-state index < -0.39 is 41.8 Å². The number of carboxylic acids is 2. The van der Waals surface area contributed by atoms with Crippen molar-refractivity contribution in [3.8, 4) is 0 Å². The molecule has 222 valence electrons. The summed E-state index contributed by atoms with van der Waals surface area (Å²) in [5, 5.41) is 29.3. The van der Waals surface area contributed by atoms with Crippen molar-refractivity contribution in [3.05, 3.63) is 0 Å². The van der Waals surface area contributed by atoms with E-state index in [4.69, 9.17) is 9.84 Å². The van der Waals surface area contributed by atoms with Crippen molar-refractivity contribution in [1.82, 2.24) is 0 Å². The second-order valence-electron chi connectivity index (χ2n) is 10.7. The summed E-state index contributed by atoms with van der Waals surface area (Å²) < 4.78 is 4.82. The lowest BCUT2D eigenvalue weighted by atomic mass is 9.81. The van der Waals surface area contributed by atoms with Crippen LogP contribution in [0.2, 0.25) is 0 Å². The molecule has 0 saturated carbocycles. The Balaban J connectivity index is 4.38. The first-order valence-corrected chi connectivity index (χ1v) is 15.1. The molecule has 0 aliphatic carbocycles. The Morgan fingerprint density at radius 2 is 1.03 bits per heavy atom. The van der Waals surface area contributed by atoms with Gasteiger partial charge in [-0.3, -0.25) is 14.4 Å². The molecule has 0 aromatic heterocycles. The van der Waals surface area contributed by atoms with Crippen molar-refractivity contribution < 1.29 is 39.2 Å². The summed E-state index contributed by atoms with van der Waals surface area (Å²) in [7, 11) is 0. The fourth-order valence-electron chi connectivity index (χ4n) is 4.78. The van der Waals surface area contributed by atoms with Gasteiger partial charge < -0.3 is 20.1 Å². The van der Waals surface area contributed by atoms with E-state index in [-0.39, 0.29) is 12.8 Å². The van der Waals surface area contributed by atoms with Crippen LogP contribution in [-0.2, 0) is 23.9 Å². The van der Waals surface area contributed by atoms with E-state index in [1.54, 1.807) is 0 Å². The van der Waals surface area contributed by atoms with Gasteiger partial charge in [0.15, 0.2) is 5.60 Å². The number of hydrogen-bond donors (Lipinski definition) is 3. The zero-order valence-electron chi connectivity index (χ0n) is 24.0. The number of rotatable bonds is 26. The molecule has 8 heteroatoms. The third kappa shape index (κ3) is 17.5. The van der Waals surface area contributed by atoms with Crippen LogP contribution in [0.3, 0.4) is 0 Å². The van der Waals surface area contributed by atoms with E-state index >= 15 is 0 Å². The van der Waals surface area contributed by atoms with Crippen LogP contribution in [0.1, 0.15) is 155 Å². The van der Waals surface area contributed by atoms with Crippen molar-refractivity contribution in [1.29, 1.82) is 0 Å². The second kappa shape index (κ2) is 23.0. The largest absolute Gasteiger partial charge is 0.481 e. The summed E-state index contributed by atoms with van der Waals surface area (Å²) in [6.45, 7) is 4.20. The van der Waals surface area contributed by atoms with E-state index in [1.807, 2.05) is 6.92 Å². The molecule has 0 radical (unpaired) electrons. The van der Waals surface area contributed by atoms with Gasteiger partial charge in [-0.25, -0.2) is 4.79 Å². The normalized spacial score (nSPS) is 13.6. The van der Waals surface area contributed by atoms with Crippen LogP contribution in [0, 0.1) is 5.92 Å². The Morgan fingerprint density at radius 3 is 1.42 bits per heavy atom. The highest BCUT2D eigenvalue weighted by atomic mass is 16.6. The van der Waals surface area contributed by atoms with E-state index in [1.165, 1.54) is 70.6 Å². The van der Waals surface area contributed by atoms with Crippen LogP contribution in [0.15, 0.2) is 0 Å². The van der Waals surface area contributed by atoms with Crippen LogP contribution in [0.4, 0.5) is 0 Å². The summed E-state index contributed by atoms with van der Waals surface area (Å²) in [5.74, 6) is -6.94. The monoisotopic (exact) mass is 542 g/mol. The first-order chi connectivity index (χ1) is 18.2. The van der Waals surface area contributed by atoms with Crippen LogP contribution in [-0.4, -0.2) is 44.8 Å². The van der Waals surface area contributed by atoms with Gasteiger partial charge >= 0.3 is 23.9 Å². The number of aliphatic carboxylic acids is 2. The molecule has 3 N–H and O–H groups in total. The van der Waals surface area contributed by atoms with Crippen LogP contribution < -0.4 is 0 Å². The zero-order chi connectivity index (χ0) is 28.7. The van der Waals surface area contributed by atoms with E-state index in [0.29, 0.717) is 12.8 Å². The minimum Gasteiger partial charge on any atom is -0.481 e. The maximum Gasteiger partial charge on any atom is 0.337 e. The molecule has 0 amide bonds. The fraction of sp³-hybridized carbons (Fsp3) is 0.867. The van der Waals surface area contributed by atoms with E-state index in [9.17, 15) is 29.4 Å². The summed E-state index contributed by atoms with van der Waals surface area (Å²) in [5.41, 5.74) is -2.83. The Labute approximate surface area is 229 Å². The van der Waals surface area contributed by atoms with Crippen molar-refractivity contribution in [2.75, 3.05) is 0 Å². The SMILES string of the molecule is CCCCCCCCCCCCCCCCCCC(C(=O)OC(=O)CCCCC)C(O)(CC(=O)O)C(=O)O. The summed E-state index contributed by atoms with van der Waals surface area (Å²) in [6.07, 6.45) is 19.6. The van der Waals surface area contributed by atoms with Crippen LogP contribution in [0.5, 0.6) is 0 Å². The molecule has 2 unspecified atom stereocenters. The minimum absolute atomic E-state index is 0.00970. The molecule has 0 aromatic carbocycles. The Kier molecular flexibility index (Phi) is 21.8. The number of esters is 2. The van der Waals surface area contributed by atoms with Gasteiger partial charge in [-0.2, -0.15) is 0 Å². The van der Waals surface area contributed by atoms with Crippen molar-refractivity contribution in [2.24, 2.45) is 5.92 Å². The molecule has 38 heavy (non-hydrogen) atoms. The molecule has 0 aromatic rings. The number of ether oxygens (including phenoxy) is 1. The maximum atomic E-state index is 12.7. The van der Waals surface area contributed by atoms with Gasteiger partial charge in [-0.1, -0.05) is 129 Å². The predicted octanol–water partition coefficient (Wildman–Crippen LogP) is 7.19. The highest BCUT2D eigenvalue weighted by Gasteiger charge is 2.50. The molecule has 0 rings (SSSR count). The Bertz CT molecular complexity index is 663. The standard InChI is InChI=1S/C30H54O8/c1-3-5-7-8-9-10-11-12-13-14-15-16-17-18-19-21-22-25(30(37,29(35)36)24-26(31)32)28(34)38-27(33)23-20-6-4-2/h25,37H,3-24H2,1-2H3,(H,31,32)(H,35,36). The highest BCUT2D eigenvalue weighted by molar-refractivity contribution is 5.93. The minimum atomic E-state index is -2.83. The third-order valence-corrected chi connectivity index (χ3v) is 7.20. The van der Waals surface area contributed by atoms with Crippen molar-refractivity contribution in [2.45, 2.75) is 161 Å². The summed E-state index contributed by atoms with van der Waals surface area (Å²) in [4.78, 5) is 47.6. The first-order valence-electron chi connectivity index (χ1n) is 15.1. The smallest absolute Gasteiger partial charge is 0.337 e. The number of aliphatic hydroxyl groups is 1. The van der Waals surface area contributed by atoms with Crippen LogP contribution >= 0.6 is 0 Å². The number of unbranched alkanes of at least 4 members (excludes halogenated alkanes) is 17. The van der Waals surface area contributed by atoms with Gasteiger partial charge in [0.1, 0.15) is 0 Å². The molecule has 0 saturated heterocycles. The quantitative estimate of drug-likeness (QED) is 0.0593. The highest BCUT2D eigenvalue weighted by Crippen LogP contribution is 2.29. The average molecular weight is 543 g/mol. The Morgan fingerprint density at radius 1 is 0.632 bits per heavy atom. The molecule has 0 spiro atoms. The fourth-order valence-corrected chi connectivity index (χ4v) is 4.78. The average Bonchev–Trinajstić information content (AvgIpc) is 2.85. The molecule has 2 atom stereocenters. The van der Waals surface area contributed by atoms with Crippen molar-refractivity contribution >= 4 is 23.9 Å². The lowest BCUT2D eigenvalue weighted by Gasteiger charge is -2.29. The van der Waals surface area contributed by atoms with Gasteiger partial charge in [0.05, 0.1) is 12.3 Å². The van der Waals surface area contributed by atoms with Crippen LogP contribution in [0.25, 0.3) is 0 Å². The molecule has 0 aliphatic heterocycles. The topological polar surface area (TPSA) is 138 Å². The van der Waals surface area contributed by atoms with Gasteiger partial charge in [-0.15, -0.1) is 0 Å². The van der Waals surface area contributed by atoms with E-state index in [0.717, 1.165) is 38.5 Å². The first kappa shape index (κ1) is 36.0. The number of carbonyl (C=O) groups is 4. The second-order valence-corrected chi connectivity index (χ2v) is 10.7. The molecule has 0 aliphatic rings. The molecular formula is C30H54O8. The lowest BCUT2D eigenvalue weighted by molar-refractivity contribution is -0.184.